The molecule has 3 rings (SSSR count). The molecule has 0 unspecified atom stereocenters. The maximum absolute atomic E-state index is 12.7. The number of rotatable bonds is 5. The van der Waals surface area contributed by atoms with Crippen molar-refractivity contribution in [3.05, 3.63) is 48.2 Å². The molecule has 6 nitrogen and oxygen atoms in total. The smallest absolute Gasteiger partial charge is 0.419 e. The Labute approximate surface area is 167 Å². The molecule has 29 heavy (non-hydrogen) atoms. The minimum absolute atomic E-state index is 0.0807. The summed E-state index contributed by atoms with van der Waals surface area (Å²) in [4.78, 5) is 18.5. The highest BCUT2D eigenvalue weighted by molar-refractivity contribution is 5.93. The van der Waals surface area contributed by atoms with Crippen molar-refractivity contribution in [2.24, 2.45) is 0 Å². The number of alkyl halides is 3. The summed E-state index contributed by atoms with van der Waals surface area (Å²) in [6.45, 7) is 4.59. The third kappa shape index (κ3) is 5.17. The standard InChI is InChI=1S/C20H23F3N4O2/c1-14(19(28)25-16-4-3-5-17(12-16)29-2)26-8-10-27(11-9-26)18-7-6-15(13-24-18)20(21,22)23/h3-7,12-14H,8-11H2,1-2H3,(H,25,28)/p+2/t14-/m1/s1. The number of aromatic amines is 1. The van der Waals surface area contributed by atoms with Gasteiger partial charge in [-0.15, -0.1) is 0 Å². The van der Waals surface area contributed by atoms with Crippen LogP contribution in [0, 0.1) is 0 Å². The Bertz CT molecular complexity index is 834. The second kappa shape index (κ2) is 8.69. The van der Waals surface area contributed by atoms with Crippen molar-refractivity contribution < 1.29 is 32.6 Å². The predicted octanol–water partition coefficient (Wildman–Crippen LogP) is 1.26. The number of hydrogen-bond donors (Lipinski definition) is 2. The van der Waals surface area contributed by atoms with E-state index in [4.69, 9.17) is 4.74 Å². The normalized spacial score (nSPS) is 16.4. The summed E-state index contributed by atoms with van der Waals surface area (Å²) in [7, 11) is 1.57. The van der Waals surface area contributed by atoms with Crippen molar-refractivity contribution >= 4 is 17.4 Å². The lowest BCUT2D eigenvalue weighted by molar-refractivity contribution is -0.914. The molecule has 0 aliphatic carbocycles. The molecule has 2 aromatic rings. The zero-order valence-corrected chi connectivity index (χ0v) is 16.3. The van der Waals surface area contributed by atoms with Gasteiger partial charge in [0, 0.05) is 17.8 Å². The molecule has 0 spiro atoms. The van der Waals surface area contributed by atoms with E-state index in [2.05, 4.69) is 10.3 Å². The number of nitrogens with zero attached hydrogens (tertiary/aromatic N) is 1. The lowest BCUT2D eigenvalue weighted by atomic mass is 10.2. The Kier molecular flexibility index (Phi) is 6.26. The quantitative estimate of drug-likeness (QED) is 0.781. The maximum Gasteiger partial charge on any atom is 0.419 e. The van der Waals surface area contributed by atoms with Gasteiger partial charge in [0.1, 0.15) is 38.1 Å². The molecule has 0 bridgehead atoms. The first-order chi connectivity index (χ1) is 13.8. The lowest BCUT2D eigenvalue weighted by Crippen LogP contribution is -3.19. The molecule has 3 N–H and O–H groups in total. The van der Waals surface area contributed by atoms with Gasteiger partial charge >= 0.3 is 6.18 Å². The van der Waals surface area contributed by atoms with E-state index in [1.54, 1.807) is 19.2 Å². The van der Waals surface area contributed by atoms with Crippen LogP contribution in [0.2, 0.25) is 0 Å². The molecule has 1 saturated heterocycles. The van der Waals surface area contributed by atoms with Gasteiger partial charge in [-0.05, 0) is 25.1 Å². The van der Waals surface area contributed by atoms with Gasteiger partial charge in [-0.1, -0.05) is 6.07 Å². The van der Waals surface area contributed by atoms with Crippen LogP contribution in [0.4, 0.5) is 24.7 Å². The van der Waals surface area contributed by atoms with Gasteiger partial charge in [-0.3, -0.25) is 9.69 Å². The van der Waals surface area contributed by atoms with Crippen LogP contribution in [0.3, 0.4) is 0 Å². The van der Waals surface area contributed by atoms with Crippen molar-refractivity contribution in [1.82, 2.24) is 0 Å². The third-order valence-electron chi connectivity index (χ3n) is 5.21. The van der Waals surface area contributed by atoms with Gasteiger partial charge in [-0.2, -0.15) is 13.2 Å². The van der Waals surface area contributed by atoms with E-state index >= 15 is 0 Å². The third-order valence-corrected chi connectivity index (χ3v) is 5.21. The molecule has 1 atom stereocenters. The van der Waals surface area contributed by atoms with Crippen LogP contribution in [0.25, 0.3) is 0 Å². The molecule has 1 aliphatic rings. The number of pyridine rings is 1. The number of nitrogens with one attached hydrogen (secondary N) is 3. The molecule has 1 aromatic heterocycles. The van der Waals surface area contributed by atoms with E-state index in [-0.39, 0.29) is 11.9 Å². The average Bonchev–Trinajstić information content (AvgIpc) is 2.73. The fourth-order valence-corrected chi connectivity index (χ4v) is 3.39. The molecular formula is C20H25F3N4O2+2. The van der Waals surface area contributed by atoms with Crippen LogP contribution in [0.15, 0.2) is 42.6 Å². The highest BCUT2D eigenvalue weighted by atomic mass is 19.4. The minimum atomic E-state index is -4.36. The molecule has 1 fully saturated rings. The Hall–Kier alpha value is -2.81. The molecule has 2 heterocycles. The largest absolute Gasteiger partial charge is 0.497 e. The second-order valence-corrected chi connectivity index (χ2v) is 7.05. The summed E-state index contributed by atoms with van der Waals surface area (Å²) in [6, 6.07) is 9.47. The Balaban J connectivity index is 1.54. The van der Waals surface area contributed by atoms with E-state index in [1.165, 1.54) is 6.07 Å². The van der Waals surface area contributed by atoms with Crippen LogP contribution in [-0.4, -0.2) is 45.2 Å². The van der Waals surface area contributed by atoms with Crippen LogP contribution in [-0.2, 0) is 11.0 Å². The number of benzene rings is 1. The summed E-state index contributed by atoms with van der Waals surface area (Å²) >= 11 is 0. The molecule has 0 radical (unpaired) electrons. The molecular weight excluding hydrogens is 385 g/mol. The van der Waals surface area contributed by atoms with E-state index in [0.29, 0.717) is 43.4 Å². The lowest BCUT2D eigenvalue weighted by Gasteiger charge is -2.31. The Morgan fingerprint density at radius 3 is 2.55 bits per heavy atom. The summed E-state index contributed by atoms with van der Waals surface area (Å²) in [6.07, 6.45) is -3.37. The average molecular weight is 410 g/mol. The molecule has 1 amide bonds. The number of carbonyl (C=O) groups excluding carboxylic acids is 1. The van der Waals surface area contributed by atoms with E-state index < -0.39 is 11.7 Å². The van der Waals surface area contributed by atoms with Crippen molar-refractivity contribution in [3.63, 3.8) is 0 Å². The highest BCUT2D eigenvalue weighted by Gasteiger charge is 2.34. The first-order valence-corrected chi connectivity index (χ1v) is 9.41. The van der Waals surface area contributed by atoms with Crippen LogP contribution < -0.4 is 24.8 Å². The van der Waals surface area contributed by atoms with Gasteiger partial charge in [0.05, 0.1) is 12.7 Å². The monoisotopic (exact) mass is 410 g/mol. The molecule has 1 aliphatic heterocycles. The van der Waals surface area contributed by atoms with E-state index in [0.717, 1.165) is 17.2 Å². The maximum atomic E-state index is 12.7. The van der Waals surface area contributed by atoms with E-state index in [9.17, 15) is 18.0 Å². The van der Waals surface area contributed by atoms with Crippen LogP contribution >= 0.6 is 0 Å². The van der Waals surface area contributed by atoms with E-state index in [1.807, 2.05) is 24.0 Å². The topological polar surface area (TPSA) is 60.1 Å². The fourth-order valence-electron chi connectivity index (χ4n) is 3.39. The number of amides is 1. The Morgan fingerprint density at radius 2 is 1.97 bits per heavy atom. The number of halogens is 3. The SMILES string of the molecule is COc1cccc(NC(=O)[C@@H](C)[NH+]2CCN(c3ccc(C(F)(F)F)c[nH+]3)CC2)c1. The minimum Gasteiger partial charge on any atom is -0.497 e. The fraction of sp³-hybridized carbons (Fsp3) is 0.400. The second-order valence-electron chi connectivity index (χ2n) is 7.05. The number of methoxy groups -OCH3 is 1. The van der Waals surface area contributed by atoms with Crippen LogP contribution in [0.1, 0.15) is 12.5 Å². The number of anilines is 2. The molecule has 9 heteroatoms. The number of H-pyrrole nitrogens is 1. The predicted molar refractivity (Wildman–Crippen MR) is 102 cm³/mol. The summed E-state index contributed by atoms with van der Waals surface area (Å²) < 4.78 is 43.2. The van der Waals surface area contributed by atoms with Crippen molar-refractivity contribution in [2.45, 2.75) is 19.1 Å². The summed E-state index contributed by atoms with van der Waals surface area (Å²) in [5.41, 5.74) is -0.0214. The Morgan fingerprint density at radius 1 is 1.24 bits per heavy atom. The number of aromatic nitrogens is 1. The first kappa shape index (κ1) is 20.9. The van der Waals surface area contributed by atoms with Gasteiger partial charge in [0.15, 0.2) is 6.04 Å². The summed E-state index contributed by atoms with van der Waals surface area (Å²) in [5.74, 6) is 1.23. The first-order valence-electron chi connectivity index (χ1n) is 9.41. The number of ether oxygens (including phenoxy) is 1. The number of hydrogen-bond acceptors (Lipinski definition) is 3. The number of quaternary nitrogens is 1. The molecule has 156 valence electrons. The van der Waals surface area contributed by atoms with Gasteiger partial charge in [0.25, 0.3) is 11.7 Å². The van der Waals surface area contributed by atoms with Gasteiger partial charge in [0.2, 0.25) is 0 Å². The molecule has 0 saturated carbocycles. The van der Waals surface area contributed by atoms with Crippen molar-refractivity contribution in [3.8, 4) is 5.75 Å². The zero-order chi connectivity index (χ0) is 21.0. The van der Waals surface area contributed by atoms with Crippen LogP contribution in [0.5, 0.6) is 5.75 Å². The number of piperazine rings is 1. The molecule has 1 aromatic carbocycles. The van der Waals surface area contributed by atoms with Crippen molar-refractivity contribution in [2.75, 3.05) is 43.5 Å². The van der Waals surface area contributed by atoms with Gasteiger partial charge in [-0.25, -0.2) is 4.98 Å². The van der Waals surface area contributed by atoms with Crippen molar-refractivity contribution in [1.29, 1.82) is 0 Å². The summed E-state index contributed by atoms with van der Waals surface area (Å²) in [5, 5.41) is 2.91. The zero-order valence-electron chi connectivity index (χ0n) is 16.3. The highest BCUT2D eigenvalue weighted by Crippen LogP contribution is 2.28. The number of carbonyl (C=O) groups is 1. The van der Waals surface area contributed by atoms with Gasteiger partial charge < -0.3 is 15.0 Å².